The average Bonchev–Trinajstić information content (AvgIpc) is 2.71. The molecule has 1 aromatic carbocycles. The molecule has 0 amide bonds. The van der Waals surface area contributed by atoms with E-state index in [2.05, 4.69) is 39.6 Å². The van der Waals surface area contributed by atoms with Crippen LogP contribution in [0.2, 0.25) is 0 Å². The molecule has 7 heteroatoms. The zero-order valence-electron chi connectivity index (χ0n) is 18.5. The molecule has 0 aliphatic carbocycles. The zero-order valence-corrected chi connectivity index (χ0v) is 20.8. The van der Waals surface area contributed by atoms with Gasteiger partial charge in [0.2, 0.25) is 0 Å². The monoisotopic (exact) mass is 518 g/mol. The highest BCUT2D eigenvalue weighted by molar-refractivity contribution is 14.0. The quantitative estimate of drug-likeness (QED) is 0.281. The Morgan fingerprint density at radius 1 is 1.10 bits per heavy atom. The fourth-order valence-electron chi connectivity index (χ4n) is 3.58. The maximum absolute atomic E-state index is 5.72. The number of likely N-dealkylation sites (tertiary alicyclic amines) is 1. The van der Waals surface area contributed by atoms with Crippen LogP contribution in [-0.4, -0.2) is 63.3 Å². The number of rotatable bonds is 10. The second kappa shape index (κ2) is 14.7. The maximum atomic E-state index is 5.72. The molecular formula is C22H39IN4O2. The summed E-state index contributed by atoms with van der Waals surface area (Å²) in [6, 6.07) is 6.69. The largest absolute Gasteiger partial charge is 0.490 e. The van der Waals surface area contributed by atoms with Crippen molar-refractivity contribution >= 4 is 29.9 Å². The molecule has 0 atom stereocenters. The molecule has 1 aliphatic rings. The lowest BCUT2D eigenvalue weighted by atomic mass is 10.1. The van der Waals surface area contributed by atoms with Crippen molar-refractivity contribution in [3.05, 3.63) is 23.8 Å². The van der Waals surface area contributed by atoms with Crippen LogP contribution in [0.3, 0.4) is 0 Å². The van der Waals surface area contributed by atoms with E-state index < -0.39 is 0 Å². The van der Waals surface area contributed by atoms with Crippen molar-refractivity contribution in [2.24, 2.45) is 4.99 Å². The van der Waals surface area contributed by atoms with Gasteiger partial charge < -0.3 is 25.0 Å². The van der Waals surface area contributed by atoms with Gasteiger partial charge in [-0.1, -0.05) is 13.0 Å². The minimum Gasteiger partial charge on any atom is -0.490 e. The predicted octanol–water partition coefficient (Wildman–Crippen LogP) is 3.68. The Kier molecular flexibility index (Phi) is 13.1. The summed E-state index contributed by atoms with van der Waals surface area (Å²) < 4.78 is 11.4. The number of hydrogen-bond donors (Lipinski definition) is 2. The first kappa shape index (κ1) is 25.8. The van der Waals surface area contributed by atoms with Gasteiger partial charge >= 0.3 is 0 Å². The Labute approximate surface area is 193 Å². The van der Waals surface area contributed by atoms with E-state index in [-0.39, 0.29) is 24.0 Å². The first-order valence-corrected chi connectivity index (χ1v) is 10.8. The van der Waals surface area contributed by atoms with Gasteiger partial charge in [-0.05, 0) is 63.8 Å². The molecule has 1 saturated heterocycles. The van der Waals surface area contributed by atoms with Crippen LogP contribution in [0.4, 0.5) is 0 Å². The number of hydrogen-bond acceptors (Lipinski definition) is 4. The van der Waals surface area contributed by atoms with E-state index in [9.17, 15) is 0 Å². The summed E-state index contributed by atoms with van der Waals surface area (Å²) in [5.74, 6) is 2.53. The molecule has 0 unspecified atom stereocenters. The van der Waals surface area contributed by atoms with Gasteiger partial charge in [0.25, 0.3) is 0 Å². The summed E-state index contributed by atoms with van der Waals surface area (Å²) in [7, 11) is 1.84. The number of piperidine rings is 1. The molecule has 1 aliphatic heterocycles. The summed E-state index contributed by atoms with van der Waals surface area (Å²) in [5.41, 5.74) is 1.22. The molecule has 1 heterocycles. The lowest BCUT2D eigenvalue weighted by Gasteiger charge is -2.32. The molecule has 6 nitrogen and oxygen atoms in total. The predicted molar refractivity (Wildman–Crippen MR) is 132 cm³/mol. The molecule has 0 bridgehead atoms. The minimum atomic E-state index is 0. The fourth-order valence-corrected chi connectivity index (χ4v) is 3.58. The Balaban J connectivity index is 0.00000420. The number of halogens is 1. The van der Waals surface area contributed by atoms with E-state index in [0.717, 1.165) is 30.4 Å². The van der Waals surface area contributed by atoms with Crippen molar-refractivity contribution in [1.82, 2.24) is 15.5 Å². The van der Waals surface area contributed by atoms with Gasteiger partial charge in [-0.15, -0.1) is 24.0 Å². The summed E-state index contributed by atoms with van der Waals surface area (Å²) in [4.78, 5) is 6.94. The maximum Gasteiger partial charge on any atom is 0.191 e. The smallest absolute Gasteiger partial charge is 0.191 e. The van der Waals surface area contributed by atoms with Crippen molar-refractivity contribution in [1.29, 1.82) is 0 Å². The first-order valence-electron chi connectivity index (χ1n) is 10.8. The molecule has 1 aromatic rings. The summed E-state index contributed by atoms with van der Waals surface area (Å²) in [6.45, 7) is 11.9. The van der Waals surface area contributed by atoms with Gasteiger partial charge in [0.05, 0.1) is 13.2 Å². The highest BCUT2D eigenvalue weighted by atomic mass is 127. The van der Waals surface area contributed by atoms with Gasteiger partial charge in [0.15, 0.2) is 17.5 Å². The molecule has 0 saturated carbocycles. The molecule has 1 fully saturated rings. The van der Waals surface area contributed by atoms with Crippen LogP contribution >= 0.6 is 24.0 Å². The lowest BCUT2D eigenvalue weighted by molar-refractivity contribution is 0.206. The molecule has 0 aromatic heterocycles. The average molecular weight is 518 g/mol. The summed E-state index contributed by atoms with van der Waals surface area (Å²) in [6.07, 6.45) is 4.49. The van der Waals surface area contributed by atoms with E-state index in [4.69, 9.17) is 9.47 Å². The van der Waals surface area contributed by atoms with Gasteiger partial charge in [-0.25, -0.2) is 0 Å². The standard InChI is InChI=1S/C22H38N4O2.HI/c1-5-14-26-15-11-19(12-16-26)25-22(23-4)24-13-10-18-8-9-20(27-6-2)21(17-18)28-7-3;/h8-9,17,19H,5-7,10-16H2,1-4H3,(H2,23,24,25);1H. The van der Waals surface area contributed by atoms with Gasteiger partial charge in [0, 0.05) is 32.7 Å². The molecule has 2 rings (SSSR count). The van der Waals surface area contributed by atoms with E-state index in [1.807, 2.05) is 27.0 Å². The van der Waals surface area contributed by atoms with Crippen molar-refractivity contribution in [2.45, 2.75) is 52.5 Å². The van der Waals surface area contributed by atoms with Crippen molar-refractivity contribution < 1.29 is 9.47 Å². The van der Waals surface area contributed by atoms with Crippen molar-refractivity contribution in [2.75, 3.05) is 46.4 Å². The van der Waals surface area contributed by atoms with E-state index >= 15 is 0 Å². The number of aliphatic imine (C=N–C) groups is 1. The third-order valence-corrected chi connectivity index (χ3v) is 5.01. The number of ether oxygens (including phenoxy) is 2. The van der Waals surface area contributed by atoms with Crippen molar-refractivity contribution in [3.8, 4) is 11.5 Å². The van der Waals surface area contributed by atoms with Crippen LogP contribution in [0.15, 0.2) is 23.2 Å². The van der Waals surface area contributed by atoms with E-state index in [1.165, 1.54) is 44.5 Å². The van der Waals surface area contributed by atoms with Crippen LogP contribution in [0.5, 0.6) is 11.5 Å². The Bertz CT molecular complexity index is 604. The van der Waals surface area contributed by atoms with Gasteiger partial charge in [-0.2, -0.15) is 0 Å². The summed E-state index contributed by atoms with van der Waals surface area (Å²) >= 11 is 0. The molecule has 0 radical (unpaired) electrons. The third kappa shape index (κ3) is 8.99. The van der Waals surface area contributed by atoms with Crippen LogP contribution in [0.1, 0.15) is 45.6 Å². The van der Waals surface area contributed by atoms with Gasteiger partial charge in [0.1, 0.15) is 0 Å². The first-order chi connectivity index (χ1) is 13.7. The highest BCUT2D eigenvalue weighted by Gasteiger charge is 2.19. The topological polar surface area (TPSA) is 58.1 Å². The minimum absolute atomic E-state index is 0. The second-order valence-corrected chi connectivity index (χ2v) is 7.16. The van der Waals surface area contributed by atoms with E-state index in [0.29, 0.717) is 19.3 Å². The van der Waals surface area contributed by atoms with Gasteiger partial charge in [-0.3, -0.25) is 4.99 Å². The fraction of sp³-hybridized carbons (Fsp3) is 0.682. The lowest BCUT2D eigenvalue weighted by Crippen LogP contribution is -2.49. The third-order valence-electron chi connectivity index (χ3n) is 5.01. The highest BCUT2D eigenvalue weighted by Crippen LogP contribution is 2.28. The Morgan fingerprint density at radius 3 is 2.41 bits per heavy atom. The molecular weight excluding hydrogens is 479 g/mol. The van der Waals surface area contributed by atoms with Crippen molar-refractivity contribution in [3.63, 3.8) is 0 Å². The molecule has 166 valence electrons. The molecule has 0 spiro atoms. The van der Waals surface area contributed by atoms with Crippen LogP contribution < -0.4 is 20.1 Å². The zero-order chi connectivity index (χ0) is 20.2. The number of nitrogens with one attached hydrogen (secondary N) is 2. The second-order valence-electron chi connectivity index (χ2n) is 7.16. The van der Waals surface area contributed by atoms with Crippen LogP contribution in [-0.2, 0) is 6.42 Å². The van der Waals surface area contributed by atoms with Crippen LogP contribution in [0.25, 0.3) is 0 Å². The summed E-state index contributed by atoms with van der Waals surface area (Å²) in [5, 5.41) is 7.03. The SMILES string of the molecule is CCCN1CCC(NC(=NC)NCCc2ccc(OCC)c(OCC)c2)CC1.I. The Hall–Kier alpha value is -1.22. The molecule has 29 heavy (non-hydrogen) atoms. The number of guanidine groups is 1. The molecule has 2 N–H and O–H groups in total. The van der Waals surface area contributed by atoms with Crippen LogP contribution in [0, 0.1) is 0 Å². The number of benzene rings is 1. The normalized spacial score (nSPS) is 15.5. The van der Waals surface area contributed by atoms with E-state index in [1.54, 1.807) is 0 Å². The number of nitrogens with zero attached hydrogens (tertiary/aromatic N) is 2. The Morgan fingerprint density at radius 2 is 1.79 bits per heavy atom.